The van der Waals surface area contributed by atoms with Gasteiger partial charge in [0.15, 0.2) is 0 Å². The van der Waals surface area contributed by atoms with Crippen LogP contribution >= 0.6 is 0 Å². The first-order valence-corrected chi connectivity index (χ1v) is 16.5. The Bertz CT molecular complexity index is 410. The zero-order chi connectivity index (χ0) is 16.4. The second-order valence-electron chi connectivity index (χ2n) is 6.48. The van der Waals surface area contributed by atoms with Gasteiger partial charge in [-0.05, 0) is 0 Å². The fourth-order valence-electron chi connectivity index (χ4n) is 3.36. The topological polar surface area (TPSA) is 29.5 Å². The van der Waals surface area contributed by atoms with Gasteiger partial charge >= 0.3 is 141 Å². The number of aromatic hydroxyl groups is 1. The molecule has 0 unspecified atom stereocenters. The van der Waals surface area contributed by atoms with Crippen molar-refractivity contribution < 1.29 is 9.84 Å². The molecule has 126 valence electrons. The summed E-state index contributed by atoms with van der Waals surface area (Å²) in [6, 6.07) is 6.21. The van der Waals surface area contributed by atoms with Gasteiger partial charge in [0.25, 0.3) is 0 Å². The Morgan fingerprint density at radius 3 is 1.82 bits per heavy atom. The van der Waals surface area contributed by atoms with Crippen LogP contribution in [-0.4, -0.2) is 30.6 Å². The molecule has 0 saturated heterocycles. The fourth-order valence-corrected chi connectivity index (χ4v) is 19.3. The molecule has 1 rings (SSSR count). The van der Waals surface area contributed by atoms with Crippen molar-refractivity contribution in [2.45, 2.75) is 72.6 Å². The van der Waals surface area contributed by atoms with Gasteiger partial charge in [-0.3, -0.25) is 0 Å². The maximum atomic E-state index is 9.93. The van der Waals surface area contributed by atoms with Gasteiger partial charge in [-0.2, -0.15) is 0 Å². The van der Waals surface area contributed by atoms with E-state index < -0.39 is 18.4 Å². The molecule has 0 radical (unpaired) electrons. The van der Waals surface area contributed by atoms with Gasteiger partial charge in [-0.1, -0.05) is 0 Å². The summed E-state index contributed by atoms with van der Waals surface area (Å²) in [5.41, 5.74) is 0. The Kier molecular flexibility index (Phi) is 9.30. The van der Waals surface area contributed by atoms with Crippen LogP contribution in [0.2, 0.25) is 13.3 Å². The van der Waals surface area contributed by atoms with Crippen molar-refractivity contribution in [3.8, 4) is 11.5 Å². The quantitative estimate of drug-likeness (QED) is 0.489. The van der Waals surface area contributed by atoms with Crippen LogP contribution in [0.5, 0.6) is 11.5 Å². The zero-order valence-electron chi connectivity index (χ0n) is 15.0. The zero-order valence-corrected chi connectivity index (χ0v) is 17.8. The predicted octanol–water partition coefficient (Wildman–Crippen LogP) is 5.46. The predicted molar refractivity (Wildman–Crippen MR) is 99.2 cm³/mol. The van der Waals surface area contributed by atoms with Crippen LogP contribution in [0, 0.1) is 0 Å². The van der Waals surface area contributed by atoms with E-state index in [4.69, 9.17) is 4.74 Å². The Labute approximate surface area is 141 Å². The van der Waals surface area contributed by atoms with E-state index in [-0.39, 0.29) is 5.75 Å². The third-order valence-corrected chi connectivity index (χ3v) is 20.4. The summed E-state index contributed by atoms with van der Waals surface area (Å²) in [4.78, 5) is 0. The Balaban J connectivity index is 3.18. The molecule has 0 aromatic heterocycles. The minimum atomic E-state index is -2.38. The monoisotopic (exact) mass is 414 g/mol. The van der Waals surface area contributed by atoms with Crippen LogP contribution in [-0.2, 0) is 0 Å². The summed E-state index contributed by atoms with van der Waals surface area (Å²) < 4.78 is 11.3. The normalized spacial score (nSPS) is 11.6. The maximum absolute atomic E-state index is 9.93. The second kappa shape index (κ2) is 10.4. The van der Waals surface area contributed by atoms with Gasteiger partial charge in [-0.25, -0.2) is 0 Å². The number of methoxy groups -OCH3 is 1. The fraction of sp³-hybridized carbons (Fsp3) is 0.684. The summed E-state index contributed by atoms with van der Waals surface area (Å²) in [6.07, 6.45) is 7.91. The molecule has 0 aliphatic carbocycles. The van der Waals surface area contributed by atoms with Crippen LogP contribution in [0.25, 0.3) is 0 Å². The SMILES string of the molecule is CCC[CH2][Sn]([CH2]CCC)([CH2]CCC)[c]1ccc(O)c(OC)c1. The van der Waals surface area contributed by atoms with Crippen molar-refractivity contribution in [2.24, 2.45) is 0 Å². The molecule has 22 heavy (non-hydrogen) atoms. The molecule has 0 bridgehead atoms. The van der Waals surface area contributed by atoms with Crippen LogP contribution in [0.4, 0.5) is 0 Å². The van der Waals surface area contributed by atoms with Crippen molar-refractivity contribution in [1.82, 2.24) is 0 Å². The van der Waals surface area contributed by atoms with Crippen molar-refractivity contribution in [1.29, 1.82) is 0 Å². The Morgan fingerprint density at radius 1 is 0.909 bits per heavy atom. The molecule has 1 aromatic carbocycles. The molecular weight excluding hydrogens is 379 g/mol. The number of hydrogen-bond donors (Lipinski definition) is 1. The van der Waals surface area contributed by atoms with E-state index in [1.165, 1.54) is 51.8 Å². The van der Waals surface area contributed by atoms with Gasteiger partial charge in [0.2, 0.25) is 0 Å². The molecule has 3 heteroatoms. The van der Waals surface area contributed by atoms with Gasteiger partial charge in [0.1, 0.15) is 0 Å². The molecular formula is C19H34O2Sn. The van der Waals surface area contributed by atoms with Gasteiger partial charge in [0, 0.05) is 0 Å². The average Bonchev–Trinajstić information content (AvgIpc) is 2.55. The summed E-state index contributed by atoms with van der Waals surface area (Å²) in [5.74, 6) is 0.927. The van der Waals surface area contributed by atoms with E-state index in [2.05, 4.69) is 32.9 Å². The second-order valence-corrected chi connectivity index (χ2v) is 19.7. The van der Waals surface area contributed by atoms with Crippen molar-refractivity contribution >= 4 is 22.0 Å². The van der Waals surface area contributed by atoms with E-state index in [1.807, 2.05) is 6.07 Å². The van der Waals surface area contributed by atoms with Crippen LogP contribution < -0.4 is 8.32 Å². The minimum absolute atomic E-state index is 0.271. The number of unbranched alkanes of at least 4 members (excludes halogenated alkanes) is 3. The van der Waals surface area contributed by atoms with Crippen molar-refractivity contribution in [3.63, 3.8) is 0 Å². The molecule has 2 nitrogen and oxygen atoms in total. The first-order valence-electron chi connectivity index (χ1n) is 9.01. The van der Waals surface area contributed by atoms with E-state index in [0.29, 0.717) is 5.75 Å². The molecule has 0 aliphatic rings. The number of ether oxygens (including phenoxy) is 1. The summed E-state index contributed by atoms with van der Waals surface area (Å²) in [7, 11) is 1.65. The molecule has 0 saturated carbocycles. The molecule has 0 heterocycles. The van der Waals surface area contributed by atoms with E-state index in [0.717, 1.165) is 0 Å². The average molecular weight is 413 g/mol. The standard InChI is InChI=1S/C7H7O2.3C4H9.Sn/c1-9-7-5-3-2-4-6(7)8;3*1-3-4-2;/h2,4-5,8H,1H3;3*1,3-4H2,2H3;. The summed E-state index contributed by atoms with van der Waals surface area (Å²) >= 11 is -2.38. The van der Waals surface area contributed by atoms with E-state index in [1.54, 1.807) is 10.7 Å². The molecule has 0 spiro atoms. The van der Waals surface area contributed by atoms with Gasteiger partial charge in [0.05, 0.1) is 0 Å². The molecule has 0 fully saturated rings. The summed E-state index contributed by atoms with van der Waals surface area (Å²) in [6.45, 7) is 6.90. The Hall–Kier alpha value is -0.381. The van der Waals surface area contributed by atoms with Gasteiger partial charge < -0.3 is 0 Å². The molecule has 0 amide bonds. The molecule has 0 aliphatic heterocycles. The Morgan fingerprint density at radius 2 is 1.41 bits per heavy atom. The van der Waals surface area contributed by atoms with Crippen LogP contribution in [0.15, 0.2) is 18.2 Å². The van der Waals surface area contributed by atoms with Crippen molar-refractivity contribution in [2.75, 3.05) is 7.11 Å². The first-order chi connectivity index (χ1) is 10.6. The number of phenolic OH excluding ortho intramolecular Hbond substituents is 1. The molecule has 1 N–H and O–H groups in total. The molecule has 0 atom stereocenters. The first kappa shape index (κ1) is 19.7. The van der Waals surface area contributed by atoms with Crippen molar-refractivity contribution in [3.05, 3.63) is 18.2 Å². The number of benzene rings is 1. The van der Waals surface area contributed by atoms with Crippen LogP contribution in [0.1, 0.15) is 59.3 Å². The van der Waals surface area contributed by atoms with E-state index in [9.17, 15) is 5.11 Å². The third kappa shape index (κ3) is 5.36. The molecule has 1 aromatic rings. The van der Waals surface area contributed by atoms with Gasteiger partial charge in [-0.15, -0.1) is 0 Å². The summed E-state index contributed by atoms with van der Waals surface area (Å²) in [5, 5.41) is 9.93. The number of hydrogen-bond acceptors (Lipinski definition) is 2. The number of phenols is 1. The third-order valence-electron chi connectivity index (χ3n) is 4.82. The number of rotatable bonds is 11. The van der Waals surface area contributed by atoms with Crippen LogP contribution in [0.3, 0.4) is 0 Å². The van der Waals surface area contributed by atoms with E-state index >= 15 is 0 Å².